The number of H-pyrrole nitrogens is 1. The Bertz CT molecular complexity index is 873. The van der Waals surface area contributed by atoms with Crippen molar-refractivity contribution in [3.05, 3.63) is 76.3 Å². The number of carbonyl (C=O) groups excluding carboxylic acids is 1. The summed E-state index contributed by atoms with van der Waals surface area (Å²) in [6, 6.07) is 13.3. The molecule has 26 heavy (non-hydrogen) atoms. The van der Waals surface area contributed by atoms with Crippen molar-refractivity contribution < 1.29 is 9.18 Å². The molecule has 0 aliphatic carbocycles. The fourth-order valence-corrected chi connectivity index (χ4v) is 2.74. The van der Waals surface area contributed by atoms with Crippen molar-refractivity contribution in [2.75, 3.05) is 0 Å². The molecule has 2 aromatic carbocycles. The maximum absolute atomic E-state index is 13.9. The number of carbonyl (C=O) groups is 1. The van der Waals surface area contributed by atoms with Gasteiger partial charge in [0.05, 0.1) is 5.02 Å². The van der Waals surface area contributed by atoms with E-state index in [0.717, 1.165) is 5.56 Å². The van der Waals surface area contributed by atoms with E-state index >= 15 is 0 Å². The highest BCUT2D eigenvalue weighted by Gasteiger charge is 2.24. The first kappa shape index (κ1) is 18.0. The van der Waals surface area contributed by atoms with E-state index in [2.05, 4.69) is 25.9 Å². The second-order valence-corrected chi connectivity index (χ2v) is 6.38. The van der Waals surface area contributed by atoms with E-state index in [9.17, 15) is 9.18 Å². The van der Waals surface area contributed by atoms with Gasteiger partial charge in [0, 0.05) is 5.92 Å². The van der Waals surface area contributed by atoms with Crippen LogP contribution in [0.15, 0.2) is 48.5 Å². The van der Waals surface area contributed by atoms with Crippen molar-refractivity contribution in [3.63, 3.8) is 0 Å². The third kappa shape index (κ3) is 4.23. The van der Waals surface area contributed by atoms with Gasteiger partial charge in [0.25, 0.3) is 0 Å². The summed E-state index contributed by atoms with van der Waals surface area (Å²) in [6.45, 7) is 1.83. The molecule has 1 aromatic heterocycles. The smallest absolute Gasteiger partial charge is 0.224 e. The average Bonchev–Trinajstić information content (AvgIpc) is 3.17. The van der Waals surface area contributed by atoms with Crippen molar-refractivity contribution in [3.8, 4) is 0 Å². The predicted molar refractivity (Wildman–Crippen MR) is 94.9 cm³/mol. The first-order valence-electron chi connectivity index (χ1n) is 8.07. The Morgan fingerprint density at radius 1 is 1.27 bits per heavy atom. The van der Waals surface area contributed by atoms with Gasteiger partial charge in [-0.05, 0) is 29.7 Å². The molecule has 0 aliphatic heterocycles. The molecular weight excluding hydrogens is 357 g/mol. The summed E-state index contributed by atoms with van der Waals surface area (Å²) in [4.78, 5) is 12.7. The molecule has 0 radical (unpaired) electrons. The number of aromatic nitrogens is 4. The molecule has 0 spiro atoms. The molecule has 6 nitrogen and oxygen atoms in total. The first-order valence-corrected chi connectivity index (χ1v) is 8.45. The molecule has 0 fully saturated rings. The number of halogens is 2. The number of amides is 1. The highest BCUT2D eigenvalue weighted by Crippen LogP contribution is 2.24. The third-order valence-corrected chi connectivity index (χ3v) is 4.32. The van der Waals surface area contributed by atoms with E-state index in [0.29, 0.717) is 12.0 Å². The second-order valence-electron chi connectivity index (χ2n) is 5.98. The molecule has 1 heterocycles. The minimum Gasteiger partial charge on any atom is -0.342 e. The molecule has 0 aliphatic rings. The summed E-state index contributed by atoms with van der Waals surface area (Å²) >= 11 is 5.74. The van der Waals surface area contributed by atoms with Crippen molar-refractivity contribution in [2.24, 2.45) is 5.92 Å². The minimum absolute atomic E-state index is 0.00406. The van der Waals surface area contributed by atoms with E-state index in [1.807, 2.05) is 37.3 Å². The van der Waals surface area contributed by atoms with Crippen LogP contribution in [-0.2, 0) is 11.2 Å². The second kappa shape index (κ2) is 8.05. The molecule has 3 aromatic rings. The average molecular weight is 374 g/mol. The normalized spacial score (nSPS) is 13.2. The summed E-state index contributed by atoms with van der Waals surface area (Å²) in [5.41, 5.74) is 1.54. The van der Waals surface area contributed by atoms with E-state index in [1.165, 1.54) is 12.1 Å². The van der Waals surface area contributed by atoms with Crippen LogP contribution in [0.25, 0.3) is 0 Å². The molecule has 8 heteroatoms. The fourth-order valence-electron chi connectivity index (χ4n) is 2.63. The Morgan fingerprint density at radius 3 is 2.69 bits per heavy atom. The Kier molecular flexibility index (Phi) is 5.58. The quantitative estimate of drug-likeness (QED) is 0.695. The number of nitrogens with one attached hydrogen (secondary N) is 2. The molecule has 0 unspecified atom stereocenters. The molecular formula is C18H17ClFN5O. The molecule has 2 atom stereocenters. The van der Waals surface area contributed by atoms with Crippen molar-refractivity contribution in [1.29, 1.82) is 0 Å². The van der Waals surface area contributed by atoms with E-state index in [-0.39, 0.29) is 22.7 Å². The fraction of sp³-hybridized carbons (Fsp3) is 0.222. The number of nitrogens with zero attached hydrogens (tertiary/aromatic N) is 3. The maximum Gasteiger partial charge on any atom is 0.224 e. The lowest BCUT2D eigenvalue weighted by atomic mass is 9.99. The summed E-state index contributed by atoms with van der Waals surface area (Å²) < 4.78 is 13.9. The zero-order valence-corrected chi connectivity index (χ0v) is 14.7. The third-order valence-electron chi connectivity index (χ3n) is 4.02. The van der Waals surface area contributed by atoms with Gasteiger partial charge in [-0.3, -0.25) is 4.79 Å². The van der Waals surface area contributed by atoms with Crippen molar-refractivity contribution in [1.82, 2.24) is 25.9 Å². The minimum atomic E-state index is -0.730. The predicted octanol–water partition coefficient (Wildman–Crippen LogP) is 3.08. The largest absolute Gasteiger partial charge is 0.342 e. The number of aromatic amines is 1. The highest BCUT2D eigenvalue weighted by molar-refractivity contribution is 6.30. The lowest BCUT2D eigenvalue weighted by Gasteiger charge is -2.19. The molecule has 0 saturated carbocycles. The summed E-state index contributed by atoms with van der Waals surface area (Å²) in [6.07, 6.45) is 0.584. The van der Waals surface area contributed by atoms with Crippen LogP contribution in [0.4, 0.5) is 4.39 Å². The zero-order valence-electron chi connectivity index (χ0n) is 14.0. The van der Waals surface area contributed by atoms with Crippen LogP contribution in [0.2, 0.25) is 5.02 Å². The number of hydrogen-bond acceptors (Lipinski definition) is 4. The summed E-state index contributed by atoms with van der Waals surface area (Å²) in [7, 11) is 0. The van der Waals surface area contributed by atoms with Gasteiger partial charge < -0.3 is 5.32 Å². The topological polar surface area (TPSA) is 83.6 Å². The van der Waals surface area contributed by atoms with Gasteiger partial charge in [-0.2, -0.15) is 5.21 Å². The standard InChI is InChI=1S/C18H17ClFN5O/c1-11(9-12-5-3-2-4-6-12)18(26)21-16(17-22-24-25-23-17)13-7-8-14(19)15(20)10-13/h2-8,10-11,16H,9H2,1H3,(H,21,26)(H,22,23,24,25)/t11-,16+/m1/s1. The lowest BCUT2D eigenvalue weighted by Crippen LogP contribution is -2.35. The van der Waals surface area contributed by atoms with Gasteiger partial charge in [-0.1, -0.05) is 60.1 Å². The Hall–Kier alpha value is -2.80. The van der Waals surface area contributed by atoms with Gasteiger partial charge in [0.15, 0.2) is 0 Å². The van der Waals surface area contributed by atoms with Crippen LogP contribution in [0.5, 0.6) is 0 Å². The van der Waals surface area contributed by atoms with E-state index < -0.39 is 11.9 Å². The van der Waals surface area contributed by atoms with Crippen LogP contribution in [0, 0.1) is 11.7 Å². The van der Waals surface area contributed by atoms with Gasteiger partial charge in [-0.15, -0.1) is 10.2 Å². The molecule has 2 N–H and O–H groups in total. The van der Waals surface area contributed by atoms with Gasteiger partial charge in [0.1, 0.15) is 11.9 Å². The number of benzene rings is 2. The van der Waals surface area contributed by atoms with Gasteiger partial charge >= 0.3 is 0 Å². The molecule has 3 rings (SSSR count). The van der Waals surface area contributed by atoms with Crippen molar-refractivity contribution in [2.45, 2.75) is 19.4 Å². The highest BCUT2D eigenvalue weighted by atomic mass is 35.5. The molecule has 0 saturated heterocycles. The number of rotatable bonds is 6. The van der Waals surface area contributed by atoms with Crippen molar-refractivity contribution >= 4 is 17.5 Å². The van der Waals surface area contributed by atoms with Gasteiger partial charge in [-0.25, -0.2) is 4.39 Å². The van der Waals surface area contributed by atoms with Crippen LogP contribution in [0.1, 0.15) is 29.9 Å². The number of hydrogen-bond donors (Lipinski definition) is 2. The van der Waals surface area contributed by atoms with E-state index in [1.54, 1.807) is 6.07 Å². The maximum atomic E-state index is 13.9. The summed E-state index contributed by atoms with van der Waals surface area (Å²) in [5, 5.41) is 16.6. The zero-order chi connectivity index (χ0) is 18.5. The Labute approximate surface area is 154 Å². The van der Waals surface area contributed by atoms with E-state index in [4.69, 9.17) is 11.6 Å². The van der Waals surface area contributed by atoms with Crippen LogP contribution < -0.4 is 5.32 Å². The van der Waals surface area contributed by atoms with Crippen LogP contribution in [-0.4, -0.2) is 26.5 Å². The van der Waals surface area contributed by atoms with Crippen LogP contribution in [0.3, 0.4) is 0 Å². The first-order chi connectivity index (χ1) is 12.5. The molecule has 134 valence electrons. The Morgan fingerprint density at radius 2 is 2.04 bits per heavy atom. The monoisotopic (exact) mass is 373 g/mol. The lowest BCUT2D eigenvalue weighted by molar-refractivity contribution is -0.125. The molecule has 0 bridgehead atoms. The molecule has 1 amide bonds. The SMILES string of the molecule is C[C@H](Cc1ccccc1)C(=O)N[C@@H](c1ccc(Cl)c(F)c1)c1nn[nH]n1. The summed E-state index contributed by atoms with van der Waals surface area (Å²) in [5.74, 6) is -0.820. The Balaban J connectivity index is 1.79. The number of tetrazole rings is 1. The van der Waals surface area contributed by atoms with Gasteiger partial charge in [0.2, 0.25) is 11.7 Å². The van der Waals surface area contributed by atoms with Crippen LogP contribution >= 0.6 is 11.6 Å².